The van der Waals surface area contributed by atoms with Gasteiger partial charge in [0.15, 0.2) is 0 Å². The van der Waals surface area contributed by atoms with Crippen molar-refractivity contribution in [2.75, 3.05) is 0 Å². The Bertz CT molecular complexity index is 2840. The summed E-state index contributed by atoms with van der Waals surface area (Å²) in [5, 5.41) is 7.53. The molecule has 0 amide bonds. The van der Waals surface area contributed by atoms with Gasteiger partial charge in [-0.2, -0.15) is 0 Å². The Labute approximate surface area is 296 Å². The third-order valence-electron chi connectivity index (χ3n) is 10.2. The Balaban J connectivity index is 1.18. The van der Waals surface area contributed by atoms with Gasteiger partial charge in [0.25, 0.3) is 0 Å². The van der Waals surface area contributed by atoms with Crippen LogP contribution >= 0.6 is 0 Å². The van der Waals surface area contributed by atoms with E-state index < -0.39 is 0 Å². The van der Waals surface area contributed by atoms with Crippen LogP contribution in [-0.4, -0.2) is 9.55 Å². The molecule has 0 N–H and O–H groups in total. The predicted molar refractivity (Wildman–Crippen MR) is 215 cm³/mol. The van der Waals surface area contributed by atoms with Gasteiger partial charge in [0.2, 0.25) is 0 Å². The van der Waals surface area contributed by atoms with E-state index in [-0.39, 0.29) is 0 Å². The summed E-state index contributed by atoms with van der Waals surface area (Å²) >= 11 is 0. The number of hydrogen-bond acceptors (Lipinski definition) is 1. The lowest BCUT2D eigenvalue weighted by atomic mass is 9.85. The van der Waals surface area contributed by atoms with Crippen molar-refractivity contribution in [3.8, 4) is 50.5 Å². The molecular formula is C49H32N2. The van der Waals surface area contributed by atoms with Crippen LogP contribution in [0.5, 0.6) is 0 Å². The smallest absolute Gasteiger partial charge is 0.146 e. The van der Waals surface area contributed by atoms with Crippen LogP contribution in [0.2, 0.25) is 0 Å². The topological polar surface area (TPSA) is 17.8 Å². The molecule has 0 spiro atoms. The van der Waals surface area contributed by atoms with Crippen molar-refractivity contribution in [1.29, 1.82) is 0 Å². The normalized spacial score (nSPS) is 11.5. The Hall–Kier alpha value is -6.77. The van der Waals surface area contributed by atoms with Crippen LogP contribution in [0.25, 0.3) is 93.8 Å². The minimum atomic E-state index is 0.929. The van der Waals surface area contributed by atoms with Gasteiger partial charge in [0.05, 0.1) is 11.0 Å². The van der Waals surface area contributed by atoms with Gasteiger partial charge >= 0.3 is 0 Å². The predicted octanol–water partition coefficient (Wildman–Crippen LogP) is 13.2. The molecule has 0 aliphatic carbocycles. The number of nitrogens with zero attached hydrogens (tertiary/aromatic N) is 2. The lowest BCUT2D eigenvalue weighted by Gasteiger charge is -2.19. The van der Waals surface area contributed by atoms with Crippen molar-refractivity contribution in [3.05, 3.63) is 194 Å². The first-order valence-corrected chi connectivity index (χ1v) is 17.5. The number of aromatic nitrogens is 2. The van der Waals surface area contributed by atoms with Crippen molar-refractivity contribution in [2.24, 2.45) is 0 Å². The van der Waals surface area contributed by atoms with E-state index in [2.05, 4.69) is 199 Å². The quantitative estimate of drug-likeness (QED) is 0.170. The van der Waals surface area contributed by atoms with Gasteiger partial charge in [-0.05, 0) is 90.0 Å². The molecule has 0 radical (unpaired) electrons. The first-order chi connectivity index (χ1) is 25.3. The Kier molecular flexibility index (Phi) is 6.85. The van der Waals surface area contributed by atoms with Crippen LogP contribution in [0.1, 0.15) is 0 Å². The Morgan fingerprint density at radius 2 is 0.863 bits per heavy atom. The highest BCUT2D eigenvalue weighted by atomic mass is 15.1. The third-order valence-corrected chi connectivity index (χ3v) is 10.2. The Morgan fingerprint density at radius 3 is 1.59 bits per heavy atom. The maximum atomic E-state index is 5.23. The van der Waals surface area contributed by atoms with E-state index in [1.54, 1.807) is 0 Å². The van der Waals surface area contributed by atoms with Gasteiger partial charge in [-0.1, -0.05) is 170 Å². The van der Waals surface area contributed by atoms with Crippen LogP contribution < -0.4 is 0 Å². The molecule has 0 aliphatic rings. The summed E-state index contributed by atoms with van der Waals surface area (Å²) in [7, 11) is 0. The van der Waals surface area contributed by atoms with Gasteiger partial charge in [0, 0.05) is 11.3 Å². The zero-order valence-corrected chi connectivity index (χ0v) is 27.9. The summed E-state index contributed by atoms with van der Waals surface area (Å²) in [6.07, 6.45) is 0. The highest BCUT2D eigenvalue weighted by Gasteiger charge is 2.20. The number of imidazole rings is 1. The highest BCUT2D eigenvalue weighted by molar-refractivity contribution is 6.23. The molecule has 0 bridgehead atoms. The lowest BCUT2D eigenvalue weighted by Crippen LogP contribution is -1.99. The van der Waals surface area contributed by atoms with Crippen molar-refractivity contribution in [2.45, 2.75) is 0 Å². The van der Waals surface area contributed by atoms with E-state index in [4.69, 9.17) is 4.98 Å². The molecule has 238 valence electrons. The minimum absolute atomic E-state index is 0.929. The molecule has 10 rings (SSSR count). The number of benzene rings is 9. The SMILES string of the molecule is c1ccc(-c2ccccc2-c2nc3ccccc3n2-c2ccc(-c3c4ccccc4c(-c4cccc5ccccc45)c4ccccc34)cc2)cc1. The zero-order chi connectivity index (χ0) is 33.7. The molecule has 10 aromatic rings. The van der Waals surface area contributed by atoms with E-state index in [9.17, 15) is 0 Å². The summed E-state index contributed by atoms with van der Waals surface area (Å²) in [6.45, 7) is 0. The molecule has 2 nitrogen and oxygen atoms in total. The molecule has 0 atom stereocenters. The third kappa shape index (κ3) is 4.76. The number of hydrogen-bond donors (Lipinski definition) is 0. The van der Waals surface area contributed by atoms with E-state index in [1.165, 1.54) is 60.1 Å². The summed E-state index contributed by atoms with van der Waals surface area (Å²) in [4.78, 5) is 5.23. The van der Waals surface area contributed by atoms with Gasteiger partial charge in [0.1, 0.15) is 5.82 Å². The second-order valence-electron chi connectivity index (χ2n) is 13.1. The molecule has 0 unspecified atom stereocenters. The molecule has 1 aromatic heterocycles. The zero-order valence-electron chi connectivity index (χ0n) is 27.9. The number of rotatable bonds is 5. The van der Waals surface area contributed by atoms with Crippen molar-refractivity contribution in [3.63, 3.8) is 0 Å². The summed E-state index contributed by atoms with van der Waals surface area (Å²) in [6, 6.07) is 69.8. The first-order valence-electron chi connectivity index (χ1n) is 17.5. The van der Waals surface area contributed by atoms with E-state index >= 15 is 0 Å². The maximum Gasteiger partial charge on any atom is 0.146 e. The fraction of sp³-hybridized carbons (Fsp3) is 0. The van der Waals surface area contributed by atoms with Gasteiger partial charge in [-0.15, -0.1) is 0 Å². The average molecular weight is 649 g/mol. The van der Waals surface area contributed by atoms with Gasteiger partial charge in [-0.25, -0.2) is 4.98 Å². The summed E-state index contributed by atoms with van der Waals surface area (Å²) in [5.41, 5.74) is 11.6. The molecule has 0 saturated carbocycles. The highest BCUT2D eigenvalue weighted by Crippen LogP contribution is 2.45. The minimum Gasteiger partial charge on any atom is -0.292 e. The maximum absolute atomic E-state index is 5.23. The first kappa shape index (κ1) is 29.2. The molecular weight excluding hydrogens is 617 g/mol. The standard InChI is InChI=1S/C49H32N2/c1-2-15-33(16-3-1)38-20-6-11-25-44(38)49-50-45-27-12-13-28-46(45)51(49)36-31-29-35(30-32-36)47-40-21-7-9-23-42(40)48(43-24-10-8-22-41(43)47)39-26-14-18-34-17-4-5-19-37(34)39/h1-32H. The van der Waals surface area contributed by atoms with Crippen LogP contribution in [-0.2, 0) is 0 Å². The largest absolute Gasteiger partial charge is 0.292 e. The number of para-hydroxylation sites is 2. The Morgan fingerprint density at radius 1 is 0.333 bits per heavy atom. The van der Waals surface area contributed by atoms with Crippen molar-refractivity contribution in [1.82, 2.24) is 9.55 Å². The second-order valence-corrected chi connectivity index (χ2v) is 13.1. The second kappa shape index (κ2) is 12.0. The molecule has 1 heterocycles. The van der Waals surface area contributed by atoms with Crippen LogP contribution in [0, 0.1) is 0 Å². The summed E-state index contributed by atoms with van der Waals surface area (Å²) < 4.78 is 2.31. The van der Waals surface area contributed by atoms with Crippen LogP contribution in [0.4, 0.5) is 0 Å². The summed E-state index contributed by atoms with van der Waals surface area (Å²) in [5.74, 6) is 0.929. The van der Waals surface area contributed by atoms with Crippen LogP contribution in [0.15, 0.2) is 194 Å². The van der Waals surface area contributed by atoms with Crippen molar-refractivity contribution < 1.29 is 0 Å². The molecule has 9 aromatic carbocycles. The molecule has 51 heavy (non-hydrogen) atoms. The molecule has 0 fully saturated rings. The van der Waals surface area contributed by atoms with Crippen molar-refractivity contribution >= 4 is 43.4 Å². The van der Waals surface area contributed by atoms with Crippen LogP contribution in [0.3, 0.4) is 0 Å². The monoisotopic (exact) mass is 648 g/mol. The fourth-order valence-corrected chi connectivity index (χ4v) is 7.97. The average Bonchev–Trinajstić information content (AvgIpc) is 3.60. The van der Waals surface area contributed by atoms with E-state index in [1.807, 2.05) is 0 Å². The number of fused-ring (bicyclic) bond motifs is 4. The van der Waals surface area contributed by atoms with Gasteiger partial charge in [-0.3, -0.25) is 4.57 Å². The molecule has 0 aliphatic heterocycles. The fourth-order valence-electron chi connectivity index (χ4n) is 7.97. The molecule has 2 heteroatoms. The van der Waals surface area contributed by atoms with E-state index in [0.29, 0.717) is 0 Å². The van der Waals surface area contributed by atoms with Gasteiger partial charge < -0.3 is 0 Å². The molecule has 0 saturated heterocycles. The lowest BCUT2D eigenvalue weighted by molar-refractivity contribution is 1.10. The van der Waals surface area contributed by atoms with E-state index in [0.717, 1.165) is 33.7 Å².